The van der Waals surface area contributed by atoms with Gasteiger partial charge in [-0.05, 0) is 42.4 Å². The molecule has 2 heteroatoms. The molecule has 0 heterocycles. The Labute approximate surface area is 96.3 Å². The Morgan fingerprint density at radius 3 is 2.69 bits per heavy atom. The SMILES string of the molecule is Cc1cc2c(cc1O)C(=O)CCC2C(C)C. The summed E-state index contributed by atoms with van der Waals surface area (Å²) in [6.45, 7) is 6.25. The first kappa shape index (κ1) is 11.2. The summed E-state index contributed by atoms with van der Waals surface area (Å²) in [7, 11) is 0. The molecule has 1 aliphatic rings. The smallest absolute Gasteiger partial charge is 0.163 e. The third-order valence-electron chi connectivity index (χ3n) is 3.56. The van der Waals surface area contributed by atoms with Gasteiger partial charge >= 0.3 is 0 Å². The van der Waals surface area contributed by atoms with E-state index in [1.807, 2.05) is 13.0 Å². The summed E-state index contributed by atoms with van der Waals surface area (Å²) in [6.07, 6.45) is 1.55. The zero-order valence-corrected chi connectivity index (χ0v) is 10.1. The first-order chi connectivity index (χ1) is 7.50. The molecule has 2 nitrogen and oxygen atoms in total. The standard InChI is InChI=1S/C14H18O2/c1-8(2)10-4-5-13(15)12-7-14(16)9(3)6-11(10)12/h6-8,10,16H,4-5H2,1-3H3. The number of aromatic hydroxyl groups is 1. The molecule has 16 heavy (non-hydrogen) atoms. The van der Waals surface area contributed by atoms with Crippen LogP contribution in [0, 0.1) is 12.8 Å². The van der Waals surface area contributed by atoms with Crippen molar-refractivity contribution < 1.29 is 9.90 Å². The summed E-state index contributed by atoms with van der Waals surface area (Å²) < 4.78 is 0. The second-order valence-electron chi connectivity index (χ2n) is 5.04. The van der Waals surface area contributed by atoms with E-state index in [0.717, 1.165) is 23.1 Å². The molecular formula is C14H18O2. The molecule has 1 unspecified atom stereocenters. The van der Waals surface area contributed by atoms with Gasteiger partial charge in [0, 0.05) is 12.0 Å². The molecule has 0 radical (unpaired) electrons. The van der Waals surface area contributed by atoms with Crippen LogP contribution in [-0.2, 0) is 0 Å². The van der Waals surface area contributed by atoms with Crippen LogP contribution in [0.3, 0.4) is 0 Å². The Morgan fingerprint density at radius 1 is 1.38 bits per heavy atom. The number of phenols is 1. The lowest BCUT2D eigenvalue weighted by atomic mass is 9.76. The van der Waals surface area contributed by atoms with Crippen molar-refractivity contribution in [3.63, 3.8) is 0 Å². The normalized spacial score (nSPS) is 20.0. The molecule has 0 amide bonds. The van der Waals surface area contributed by atoms with Crippen molar-refractivity contribution in [1.82, 2.24) is 0 Å². The van der Waals surface area contributed by atoms with E-state index in [1.165, 1.54) is 0 Å². The third kappa shape index (κ3) is 1.73. The van der Waals surface area contributed by atoms with E-state index in [2.05, 4.69) is 13.8 Å². The number of hydrogen-bond donors (Lipinski definition) is 1. The summed E-state index contributed by atoms with van der Waals surface area (Å²) in [5.74, 6) is 1.39. The van der Waals surface area contributed by atoms with Crippen molar-refractivity contribution in [2.75, 3.05) is 0 Å². The molecule has 0 saturated carbocycles. The molecule has 2 rings (SSSR count). The Balaban J connectivity index is 2.57. The van der Waals surface area contributed by atoms with Crippen LogP contribution in [0.1, 0.15) is 54.1 Å². The van der Waals surface area contributed by atoms with Crippen molar-refractivity contribution in [2.45, 2.75) is 39.5 Å². The van der Waals surface area contributed by atoms with Gasteiger partial charge in [0.1, 0.15) is 5.75 Å². The summed E-state index contributed by atoms with van der Waals surface area (Å²) >= 11 is 0. The van der Waals surface area contributed by atoms with Gasteiger partial charge in [0.15, 0.2) is 5.78 Å². The predicted octanol–water partition coefficient (Wildman–Crippen LogP) is 3.42. The van der Waals surface area contributed by atoms with Gasteiger partial charge in [-0.1, -0.05) is 19.9 Å². The van der Waals surface area contributed by atoms with Crippen molar-refractivity contribution in [2.24, 2.45) is 5.92 Å². The molecular weight excluding hydrogens is 200 g/mol. The lowest BCUT2D eigenvalue weighted by molar-refractivity contribution is 0.0962. The van der Waals surface area contributed by atoms with Gasteiger partial charge in [0.2, 0.25) is 0 Å². The molecule has 0 aliphatic heterocycles. The van der Waals surface area contributed by atoms with Crippen molar-refractivity contribution in [3.05, 3.63) is 28.8 Å². The number of phenolic OH excluding ortho intramolecular Hbond substituents is 1. The molecule has 1 atom stereocenters. The Kier molecular flexibility index (Phi) is 2.75. The number of ketones is 1. The van der Waals surface area contributed by atoms with Crippen LogP contribution in [0.2, 0.25) is 0 Å². The minimum atomic E-state index is 0.169. The molecule has 1 aliphatic carbocycles. The van der Waals surface area contributed by atoms with E-state index in [4.69, 9.17) is 0 Å². The van der Waals surface area contributed by atoms with E-state index < -0.39 is 0 Å². The van der Waals surface area contributed by atoms with Crippen molar-refractivity contribution >= 4 is 5.78 Å². The van der Waals surface area contributed by atoms with Gasteiger partial charge in [0.25, 0.3) is 0 Å². The van der Waals surface area contributed by atoms with Gasteiger partial charge in [-0.2, -0.15) is 0 Å². The summed E-state index contributed by atoms with van der Waals surface area (Å²) in [5.41, 5.74) is 2.72. The highest BCUT2D eigenvalue weighted by Crippen LogP contribution is 2.39. The highest BCUT2D eigenvalue weighted by Gasteiger charge is 2.28. The van der Waals surface area contributed by atoms with Crippen molar-refractivity contribution in [3.8, 4) is 5.75 Å². The van der Waals surface area contributed by atoms with Gasteiger partial charge in [-0.15, -0.1) is 0 Å². The average Bonchev–Trinajstić information content (AvgIpc) is 2.21. The number of rotatable bonds is 1. The quantitative estimate of drug-likeness (QED) is 0.784. The predicted molar refractivity (Wildman–Crippen MR) is 64.0 cm³/mol. The zero-order valence-electron chi connectivity index (χ0n) is 10.1. The number of hydrogen-bond acceptors (Lipinski definition) is 2. The van der Waals surface area contributed by atoms with E-state index in [-0.39, 0.29) is 11.5 Å². The lowest BCUT2D eigenvalue weighted by Gasteiger charge is -2.28. The van der Waals surface area contributed by atoms with E-state index in [0.29, 0.717) is 18.3 Å². The maximum Gasteiger partial charge on any atom is 0.163 e. The van der Waals surface area contributed by atoms with Gasteiger partial charge in [-0.3, -0.25) is 4.79 Å². The number of benzene rings is 1. The van der Waals surface area contributed by atoms with E-state index in [9.17, 15) is 9.90 Å². The van der Waals surface area contributed by atoms with Crippen LogP contribution in [0.25, 0.3) is 0 Å². The molecule has 0 fully saturated rings. The maximum absolute atomic E-state index is 11.8. The first-order valence-electron chi connectivity index (χ1n) is 5.87. The molecule has 1 aromatic rings. The maximum atomic E-state index is 11.8. The number of carbonyl (C=O) groups is 1. The number of carbonyl (C=O) groups excluding carboxylic acids is 1. The van der Waals surface area contributed by atoms with Gasteiger partial charge in [0.05, 0.1) is 0 Å². The van der Waals surface area contributed by atoms with E-state index in [1.54, 1.807) is 6.07 Å². The van der Waals surface area contributed by atoms with Crippen LogP contribution in [0.5, 0.6) is 5.75 Å². The Bertz CT molecular complexity index is 433. The molecule has 0 spiro atoms. The zero-order chi connectivity index (χ0) is 11.9. The Morgan fingerprint density at radius 2 is 2.06 bits per heavy atom. The topological polar surface area (TPSA) is 37.3 Å². The van der Waals surface area contributed by atoms with Crippen LogP contribution < -0.4 is 0 Å². The fraction of sp³-hybridized carbons (Fsp3) is 0.500. The lowest BCUT2D eigenvalue weighted by Crippen LogP contribution is -2.19. The van der Waals surface area contributed by atoms with E-state index >= 15 is 0 Å². The monoisotopic (exact) mass is 218 g/mol. The van der Waals surface area contributed by atoms with Crippen LogP contribution in [0.15, 0.2) is 12.1 Å². The summed E-state index contributed by atoms with van der Waals surface area (Å²) in [5, 5.41) is 9.67. The molecule has 0 aromatic heterocycles. The van der Waals surface area contributed by atoms with Gasteiger partial charge in [-0.25, -0.2) is 0 Å². The fourth-order valence-electron chi connectivity index (χ4n) is 2.54. The van der Waals surface area contributed by atoms with Crippen LogP contribution in [-0.4, -0.2) is 10.9 Å². The molecule has 1 N–H and O–H groups in total. The summed E-state index contributed by atoms with van der Waals surface area (Å²) in [4.78, 5) is 11.8. The molecule has 0 saturated heterocycles. The number of Topliss-reactive ketones (excluding diaryl/α,β-unsaturated/α-hetero) is 1. The minimum absolute atomic E-state index is 0.169. The summed E-state index contributed by atoms with van der Waals surface area (Å²) in [6, 6.07) is 3.62. The average molecular weight is 218 g/mol. The third-order valence-corrected chi connectivity index (χ3v) is 3.56. The largest absolute Gasteiger partial charge is 0.508 e. The second kappa shape index (κ2) is 3.93. The van der Waals surface area contributed by atoms with Crippen molar-refractivity contribution in [1.29, 1.82) is 0 Å². The molecule has 1 aromatic carbocycles. The van der Waals surface area contributed by atoms with Gasteiger partial charge < -0.3 is 5.11 Å². The Hall–Kier alpha value is -1.31. The number of fused-ring (bicyclic) bond motifs is 1. The van der Waals surface area contributed by atoms with Crippen LogP contribution >= 0.6 is 0 Å². The molecule has 86 valence electrons. The highest BCUT2D eigenvalue weighted by atomic mass is 16.3. The second-order valence-corrected chi connectivity index (χ2v) is 5.04. The number of aryl methyl sites for hydroxylation is 1. The first-order valence-corrected chi connectivity index (χ1v) is 5.87. The fourth-order valence-corrected chi connectivity index (χ4v) is 2.54. The minimum Gasteiger partial charge on any atom is -0.508 e. The molecule has 0 bridgehead atoms. The highest BCUT2D eigenvalue weighted by molar-refractivity contribution is 5.99. The van der Waals surface area contributed by atoms with Crippen LogP contribution in [0.4, 0.5) is 0 Å².